The molecule has 1 aromatic carbocycles. The Morgan fingerprint density at radius 1 is 1.21 bits per heavy atom. The van der Waals surface area contributed by atoms with Crippen molar-refractivity contribution in [2.24, 2.45) is 0 Å². The number of aromatic nitrogens is 3. The van der Waals surface area contributed by atoms with E-state index in [1.165, 1.54) is 22.3 Å². The SMILES string of the molecule is O=C(NCCc1c[nH]c2ccccc12)c1csc(-n2cccc2)n1. The molecule has 0 aliphatic heterocycles. The topological polar surface area (TPSA) is 62.7 Å². The van der Waals surface area contributed by atoms with Crippen molar-refractivity contribution < 1.29 is 4.79 Å². The molecule has 5 nitrogen and oxygen atoms in total. The summed E-state index contributed by atoms with van der Waals surface area (Å²) in [5.74, 6) is -0.135. The lowest BCUT2D eigenvalue weighted by molar-refractivity contribution is 0.0950. The number of fused-ring (bicyclic) bond motifs is 1. The highest BCUT2D eigenvalue weighted by Crippen LogP contribution is 2.18. The molecule has 0 saturated heterocycles. The zero-order valence-electron chi connectivity index (χ0n) is 12.9. The van der Waals surface area contributed by atoms with Crippen LogP contribution in [-0.4, -0.2) is 27.0 Å². The lowest BCUT2D eigenvalue weighted by Crippen LogP contribution is -2.26. The molecule has 0 aliphatic rings. The van der Waals surface area contributed by atoms with Crippen molar-refractivity contribution >= 4 is 28.1 Å². The third-order valence-electron chi connectivity index (χ3n) is 3.90. The molecule has 0 atom stereocenters. The van der Waals surface area contributed by atoms with E-state index < -0.39 is 0 Å². The summed E-state index contributed by atoms with van der Waals surface area (Å²) in [4.78, 5) is 19.9. The van der Waals surface area contributed by atoms with Gasteiger partial charge < -0.3 is 14.9 Å². The van der Waals surface area contributed by atoms with Gasteiger partial charge >= 0.3 is 0 Å². The first-order valence-electron chi connectivity index (χ1n) is 7.73. The van der Waals surface area contributed by atoms with Gasteiger partial charge in [0.1, 0.15) is 5.69 Å². The number of hydrogen-bond donors (Lipinski definition) is 2. The number of benzene rings is 1. The molecular formula is C18H16N4OS. The van der Waals surface area contributed by atoms with Crippen LogP contribution in [-0.2, 0) is 6.42 Å². The van der Waals surface area contributed by atoms with Gasteiger partial charge in [-0.2, -0.15) is 0 Å². The molecule has 0 spiro atoms. The zero-order valence-corrected chi connectivity index (χ0v) is 13.7. The fraction of sp³-hybridized carbons (Fsp3) is 0.111. The molecular weight excluding hydrogens is 320 g/mol. The van der Waals surface area contributed by atoms with Crippen molar-refractivity contribution in [1.29, 1.82) is 0 Å². The second-order valence-corrected chi connectivity index (χ2v) is 6.31. The summed E-state index contributed by atoms with van der Waals surface area (Å²) in [6.07, 6.45) is 6.61. The summed E-state index contributed by atoms with van der Waals surface area (Å²) in [7, 11) is 0. The Hall–Kier alpha value is -2.86. The van der Waals surface area contributed by atoms with Crippen LogP contribution in [0.4, 0.5) is 0 Å². The number of amides is 1. The number of rotatable bonds is 5. The van der Waals surface area contributed by atoms with E-state index in [-0.39, 0.29) is 5.91 Å². The van der Waals surface area contributed by atoms with Crippen molar-refractivity contribution in [2.75, 3.05) is 6.54 Å². The van der Waals surface area contributed by atoms with E-state index in [9.17, 15) is 4.79 Å². The Bertz CT molecular complexity index is 968. The number of nitrogens with one attached hydrogen (secondary N) is 2. The predicted octanol–water partition coefficient (Wildman–Crippen LogP) is 3.39. The minimum atomic E-state index is -0.135. The molecule has 4 aromatic rings. The third kappa shape index (κ3) is 2.83. The minimum Gasteiger partial charge on any atom is -0.361 e. The molecule has 3 aromatic heterocycles. The first-order valence-corrected chi connectivity index (χ1v) is 8.61. The van der Waals surface area contributed by atoms with Gasteiger partial charge in [-0.1, -0.05) is 18.2 Å². The van der Waals surface area contributed by atoms with Gasteiger partial charge in [0.25, 0.3) is 5.91 Å². The van der Waals surface area contributed by atoms with Gasteiger partial charge in [0.2, 0.25) is 0 Å². The van der Waals surface area contributed by atoms with Gasteiger partial charge in [0.15, 0.2) is 5.13 Å². The number of thiazole rings is 1. The Morgan fingerprint density at radius 2 is 2.04 bits per heavy atom. The first-order chi connectivity index (χ1) is 11.8. The van der Waals surface area contributed by atoms with E-state index in [1.807, 2.05) is 47.4 Å². The Balaban J connectivity index is 1.38. The lowest BCUT2D eigenvalue weighted by atomic mass is 10.1. The van der Waals surface area contributed by atoms with Crippen molar-refractivity contribution in [3.05, 3.63) is 71.6 Å². The van der Waals surface area contributed by atoms with Crippen LogP contribution in [0.15, 0.2) is 60.4 Å². The summed E-state index contributed by atoms with van der Waals surface area (Å²) in [5, 5.41) is 6.73. The largest absolute Gasteiger partial charge is 0.361 e. The molecule has 4 rings (SSSR count). The number of para-hydroxylation sites is 1. The summed E-state index contributed by atoms with van der Waals surface area (Å²) in [6, 6.07) is 12.0. The number of H-pyrrole nitrogens is 1. The Morgan fingerprint density at radius 3 is 2.92 bits per heavy atom. The number of carbonyl (C=O) groups is 1. The van der Waals surface area contributed by atoms with E-state index in [2.05, 4.69) is 27.4 Å². The standard InChI is InChI=1S/C18H16N4OS/c23-17(16-12-24-18(21-16)22-9-3-4-10-22)19-8-7-13-11-20-15-6-2-1-5-14(13)15/h1-6,9-12,20H,7-8H2,(H,19,23). The van der Waals surface area contributed by atoms with E-state index in [0.717, 1.165) is 17.1 Å². The molecule has 2 N–H and O–H groups in total. The van der Waals surface area contributed by atoms with Gasteiger partial charge in [-0.05, 0) is 30.2 Å². The molecule has 0 bridgehead atoms. The molecule has 0 fully saturated rings. The number of carbonyl (C=O) groups excluding carboxylic acids is 1. The van der Waals surface area contributed by atoms with Crippen LogP contribution >= 0.6 is 11.3 Å². The molecule has 0 radical (unpaired) electrons. The van der Waals surface area contributed by atoms with Gasteiger partial charge in [0.05, 0.1) is 0 Å². The summed E-state index contributed by atoms with van der Waals surface area (Å²) < 4.78 is 1.90. The van der Waals surface area contributed by atoms with E-state index >= 15 is 0 Å². The van der Waals surface area contributed by atoms with Gasteiger partial charge in [0, 0.05) is 41.4 Å². The van der Waals surface area contributed by atoms with Crippen LogP contribution < -0.4 is 5.32 Å². The van der Waals surface area contributed by atoms with E-state index in [1.54, 1.807) is 5.38 Å². The molecule has 0 aliphatic carbocycles. The summed E-state index contributed by atoms with van der Waals surface area (Å²) in [5.41, 5.74) is 2.79. The first kappa shape index (κ1) is 14.7. The second-order valence-electron chi connectivity index (χ2n) is 5.47. The molecule has 0 saturated carbocycles. The smallest absolute Gasteiger partial charge is 0.270 e. The minimum absolute atomic E-state index is 0.135. The van der Waals surface area contributed by atoms with E-state index in [0.29, 0.717) is 12.2 Å². The molecule has 120 valence electrons. The van der Waals surface area contributed by atoms with Crippen LogP contribution in [0.5, 0.6) is 0 Å². The van der Waals surface area contributed by atoms with Crippen LogP contribution in [0.3, 0.4) is 0 Å². The predicted molar refractivity (Wildman–Crippen MR) is 95.8 cm³/mol. The Kier molecular flexibility index (Phi) is 3.88. The number of nitrogens with zero attached hydrogens (tertiary/aromatic N) is 2. The van der Waals surface area contributed by atoms with Crippen LogP contribution in [0, 0.1) is 0 Å². The molecule has 0 unspecified atom stereocenters. The average molecular weight is 336 g/mol. The van der Waals surface area contributed by atoms with Crippen molar-refractivity contribution in [3.8, 4) is 5.13 Å². The van der Waals surface area contributed by atoms with Gasteiger partial charge in [-0.3, -0.25) is 4.79 Å². The third-order valence-corrected chi connectivity index (χ3v) is 4.76. The van der Waals surface area contributed by atoms with Crippen LogP contribution in [0.1, 0.15) is 16.1 Å². The zero-order chi connectivity index (χ0) is 16.4. The Labute approximate surface area is 143 Å². The number of hydrogen-bond acceptors (Lipinski definition) is 3. The van der Waals surface area contributed by atoms with Crippen molar-refractivity contribution in [2.45, 2.75) is 6.42 Å². The highest BCUT2D eigenvalue weighted by atomic mass is 32.1. The monoisotopic (exact) mass is 336 g/mol. The fourth-order valence-electron chi connectivity index (χ4n) is 2.69. The summed E-state index contributed by atoms with van der Waals surface area (Å²) in [6.45, 7) is 0.580. The van der Waals surface area contributed by atoms with Crippen LogP contribution in [0.2, 0.25) is 0 Å². The maximum atomic E-state index is 12.2. The number of aromatic amines is 1. The molecule has 6 heteroatoms. The van der Waals surface area contributed by atoms with Gasteiger partial charge in [-0.25, -0.2) is 4.98 Å². The molecule has 24 heavy (non-hydrogen) atoms. The molecule has 1 amide bonds. The lowest BCUT2D eigenvalue weighted by Gasteiger charge is -2.03. The van der Waals surface area contributed by atoms with Crippen molar-refractivity contribution in [3.63, 3.8) is 0 Å². The van der Waals surface area contributed by atoms with Crippen molar-refractivity contribution in [1.82, 2.24) is 19.9 Å². The average Bonchev–Trinajstić information content (AvgIpc) is 3.35. The second kappa shape index (κ2) is 6.33. The highest BCUT2D eigenvalue weighted by molar-refractivity contribution is 7.12. The maximum absolute atomic E-state index is 12.2. The highest BCUT2D eigenvalue weighted by Gasteiger charge is 2.11. The quantitative estimate of drug-likeness (QED) is 0.587. The van der Waals surface area contributed by atoms with E-state index in [4.69, 9.17) is 0 Å². The summed E-state index contributed by atoms with van der Waals surface area (Å²) >= 11 is 1.45. The maximum Gasteiger partial charge on any atom is 0.270 e. The molecule has 3 heterocycles. The normalized spacial score (nSPS) is 11.0. The van der Waals surface area contributed by atoms with Gasteiger partial charge in [-0.15, -0.1) is 11.3 Å². The fourth-order valence-corrected chi connectivity index (χ4v) is 3.46. The van der Waals surface area contributed by atoms with Crippen LogP contribution in [0.25, 0.3) is 16.0 Å².